The van der Waals surface area contributed by atoms with E-state index in [0.717, 1.165) is 38.5 Å². The molecule has 1 radical (unpaired) electrons. The molecule has 0 atom stereocenters. The van der Waals surface area contributed by atoms with E-state index in [0.29, 0.717) is 6.61 Å². The van der Waals surface area contributed by atoms with Crippen LogP contribution in [0.3, 0.4) is 0 Å². The fourth-order valence-electron chi connectivity index (χ4n) is 1.13. The smallest absolute Gasteiger partial charge is 0.302 e. The highest BCUT2D eigenvalue weighted by Crippen LogP contribution is 2.04. The molecule has 0 bridgehead atoms. The maximum absolute atomic E-state index is 10.4. The molecule has 0 fully saturated rings. The van der Waals surface area contributed by atoms with E-state index in [1.165, 1.54) is 6.92 Å². The van der Waals surface area contributed by atoms with Crippen molar-refractivity contribution in [2.75, 3.05) is 13.2 Å². The third-order valence-corrected chi connectivity index (χ3v) is 1.84. The van der Waals surface area contributed by atoms with Crippen LogP contribution in [0, 0.1) is 0 Å². The van der Waals surface area contributed by atoms with Crippen LogP contribution < -0.4 is 0 Å². The van der Waals surface area contributed by atoms with Gasteiger partial charge in [0.05, 0.1) is 13.2 Å². The van der Waals surface area contributed by atoms with Crippen LogP contribution in [0.5, 0.6) is 0 Å². The Balaban J connectivity index is 2.87. The quantitative estimate of drug-likeness (QED) is 0.432. The number of esters is 1. The van der Waals surface area contributed by atoms with Crippen LogP contribution in [0.15, 0.2) is 0 Å². The van der Waals surface area contributed by atoms with Crippen LogP contribution in [0.1, 0.15) is 45.4 Å². The van der Waals surface area contributed by atoms with Crippen LogP contribution in [0.2, 0.25) is 0 Å². The molecule has 0 aromatic carbocycles. The van der Waals surface area contributed by atoms with Crippen LogP contribution in [0.25, 0.3) is 0 Å². The van der Waals surface area contributed by atoms with Gasteiger partial charge in [-0.2, -0.15) is 0 Å². The molecular formula is C10H19O3. The molecule has 3 nitrogen and oxygen atoms in total. The summed E-state index contributed by atoms with van der Waals surface area (Å²) in [5.74, 6) is -0.202. The Kier molecular flexibility index (Phi) is 9.10. The molecule has 0 saturated carbocycles. The Hall–Kier alpha value is -0.570. The zero-order valence-corrected chi connectivity index (χ0v) is 8.38. The van der Waals surface area contributed by atoms with Crippen molar-refractivity contribution in [1.82, 2.24) is 0 Å². The number of hydrogen-bond acceptors (Lipinski definition) is 2. The van der Waals surface area contributed by atoms with Crippen molar-refractivity contribution in [3.8, 4) is 0 Å². The third-order valence-electron chi connectivity index (χ3n) is 1.84. The van der Waals surface area contributed by atoms with Gasteiger partial charge in [-0.15, -0.1) is 0 Å². The van der Waals surface area contributed by atoms with Crippen molar-refractivity contribution in [2.24, 2.45) is 0 Å². The largest absolute Gasteiger partial charge is 0.466 e. The normalized spacial score (nSPS) is 10.0. The van der Waals surface area contributed by atoms with Gasteiger partial charge in [0.2, 0.25) is 0 Å². The zero-order valence-electron chi connectivity index (χ0n) is 8.38. The van der Waals surface area contributed by atoms with Crippen molar-refractivity contribution in [2.45, 2.75) is 45.4 Å². The number of rotatable bonds is 8. The number of carbonyl (C=O) groups is 1. The molecule has 0 heterocycles. The van der Waals surface area contributed by atoms with Gasteiger partial charge in [-0.3, -0.25) is 4.79 Å². The summed E-state index contributed by atoms with van der Waals surface area (Å²) in [7, 11) is 0. The van der Waals surface area contributed by atoms with Crippen molar-refractivity contribution < 1.29 is 14.6 Å². The zero-order chi connectivity index (χ0) is 9.94. The molecule has 0 spiro atoms. The molecule has 0 aromatic heterocycles. The highest BCUT2D eigenvalue weighted by atomic mass is 16.5. The molecule has 0 aliphatic heterocycles. The third kappa shape index (κ3) is 11.4. The lowest BCUT2D eigenvalue weighted by atomic mass is 10.1. The van der Waals surface area contributed by atoms with E-state index in [1.54, 1.807) is 0 Å². The average molecular weight is 187 g/mol. The van der Waals surface area contributed by atoms with Gasteiger partial charge < -0.3 is 4.74 Å². The number of carbonyl (C=O) groups excluding carboxylic acids is 1. The van der Waals surface area contributed by atoms with E-state index in [1.807, 2.05) is 0 Å². The second-order valence-corrected chi connectivity index (χ2v) is 3.17. The first-order valence-electron chi connectivity index (χ1n) is 4.99. The van der Waals surface area contributed by atoms with E-state index in [4.69, 9.17) is 4.74 Å². The Morgan fingerprint density at radius 3 is 2.08 bits per heavy atom. The summed E-state index contributed by atoms with van der Waals surface area (Å²) in [6, 6.07) is 0. The maximum atomic E-state index is 10.4. The molecule has 0 rings (SSSR count). The minimum absolute atomic E-state index is 0.0491. The molecule has 0 aromatic rings. The summed E-state index contributed by atoms with van der Waals surface area (Å²) >= 11 is 0. The minimum Gasteiger partial charge on any atom is -0.466 e. The first-order chi connectivity index (χ1) is 6.27. The maximum Gasteiger partial charge on any atom is 0.302 e. The molecule has 0 unspecified atom stereocenters. The van der Waals surface area contributed by atoms with Gasteiger partial charge in [0.1, 0.15) is 0 Å². The SMILES string of the molecule is CC(=O)OCCCCCCCC[O]. The van der Waals surface area contributed by atoms with Crippen LogP contribution in [-0.4, -0.2) is 19.2 Å². The predicted molar refractivity (Wildman–Crippen MR) is 49.9 cm³/mol. The highest BCUT2D eigenvalue weighted by molar-refractivity contribution is 5.65. The van der Waals surface area contributed by atoms with E-state index in [-0.39, 0.29) is 12.6 Å². The number of hydrogen-bond donors (Lipinski definition) is 0. The van der Waals surface area contributed by atoms with Gasteiger partial charge in [-0.25, -0.2) is 5.11 Å². The van der Waals surface area contributed by atoms with Gasteiger partial charge >= 0.3 is 5.97 Å². The molecule has 0 saturated heterocycles. The fourth-order valence-corrected chi connectivity index (χ4v) is 1.13. The lowest BCUT2D eigenvalue weighted by molar-refractivity contribution is -0.141. The molecule has 3 heteroatoms. The van der Waals surface area contributed by atoms with Crippen LogP contribution in [-0.2, 0) is 14.6 Å². The highest BCUT2D eigenvalue weighted by Gasteiger charge is 1.93. The van der Waals surface area contributed by atoms with Gasteiger partial charge in [0.15, 0.2) is 0 Å². The Morgan fingerprint density at radius 1 is 1.00 bits per heavy atom. The summed E-state index contributed by atoms with van der Waals surface area (Å²) in [6.07, 6.45) is 6.13. The summed E-state index contributed by atoms with van der Waals surface area (Å²) in [5, 5.41) is 10.1. The summed E-state index contributed by atoms with van der Waals surface area (Å²) in [5.41, 5.74) is 0. The second-order valence-electron chi connectivity index (χ2n) is 3.17. The number of ether oxygens (including phenoxy) is 1. The molecule has 0 aliphatic carbocycles. The first kappa shape index (κ1) is 12.4. The van der Waals surface area contributed by atoms with Crippen LogP contribution >= 0.6 is 0 Å². The predicted octanol–water partition coefficient (Wildman–Crippen LogP) is 2.32. The first-order valence-corrected chi connectivity index (χ1v) is 4.99. The Labute approximate surface area is 80.1 Å². The van der Waals surface area contributed by atoms with E-state index >= 15 is 0 Å². The molecule has 0 amide bonds. The summed E-state index contributed by atoms with van der Waals surface area (Å²) < 4.78 is 4.78. The van der Waals surface area contributed by atoms with Gasteiger partial charge in [0, 0.05) is 6.92 Å². The topological polar surface area (TPSA) is 46.2 Å². The fraction of sp³-hybridized carbons (Fsp3) is 0.900. The van der Waals surface area contributed by atoms with Crippen molar-refractivity contribution >= 4 is 5.97 Å². The Bertz CT molecular complexity index is 123. The van der Waals surface area contributed by atoms with Gasteiger partial charge in [-0.1, -0.05) is 25.7 Å². The van der Waals surface area contributed by atoms with Crippen molar-refractivity contribution in [3.63, 3.8) is 0 Å². The second kappa shape index (κ2) is 9.52. The lowest BCUT2D eigenvalue weighted by Crippen LogP contribution is -2.00. The standard InChI is InChI=1S/C10H19O3/c1-10(12)13-9-7-5-3-2-4-6-8-11/h2-9H2,1H3. The van der Waals surface area contributed by atoms with Crippen molar-refractivity contribution in [3.05, 3.63) is 0 Å². The number of unbranched alkanes of at least 4 members (excludes halogenated alkanes) is 5. The van der Waals surface area contributed by atoms with Gasteiger partial charge in [0.25, 0.3) is 0 Å². The molecule has 13 heavy (non-hydrogen) atoms. The van der Waals surface area contributed by atoms with Crippen molar-refractivity contribution in [1.29, 1.82) is 0 Å². The van der Waals surface area contributed by atoms with Gasteiger partial charge in [-0.05, 0) is 12.8 Å². The molecule has 0 N–H and O–H groups in total. The average Bonchev–Trinajstić information content (AvgIpc) is 2.09. The molecular weight excluding hydrogens is 168 g/mol. The minimum atomic E-state index is -0.202. The summed E-state index contributed by atoms with van der Waals surface area (Å²) in [4.78, 5) is 10.4. The lowest BCUT2D eigenvalue weighted by Gasteiger charge is -2.01. The Morgan fingerprint density at radius 2 is 1.54 bits per heavy atom. The monoisotopic (exact) mass is 187 g/mol. The van der Waals surface area contributed by atoms with E-state index in [2.05, 4.69) is 0 Å². The molecule has 77 valence electrons. The van der Waals surface area contributed by atoms with Crippen LogP contribution in [0.4, 0.5) is 0 Å². The summed E-state index contributed by atoms with van der Waals surface area (Å²) in [6.45, 7) is 2.01. The van der Waals surface area contributed by atoms with E-state index < -0.39 is 0 Å². The molecule has 0 aliphatic rings. The van der Waals surface area contributed by atoms with E-state index in [9.17, 15) is 9.90 Å².